The van der Waals surface area contributed by atoms with Gasteiger partial charge in [0.25, 0.3) is 0 Å². The molecule has 4 aromatic rings. The normalized spacial score (nSPS) is 15.0. The standard InChI is InChI=1S/C27H26FN5O2/c1-16-11-18(25-31-23-13-20(28)8-10-24(23)33(25)2)7-9-22(16)32-27(35)26(34)30-15-21-12-17-5-3-4-6-19(17)14-29-21/h3-11,13,21,29H,12,14-15H2,1-2H3,(H,30,34)(H,32,35). The summed E-state index contributed by atoms with van der Waals surface area (Å²) < 4.78 is 15.5. The van der Waals surface area contributed by atoms with E-state index < -0.39 is 11.8 Å². The summed E-state index contributed by atoms with van der Waals surface area (Å²) >= 11 is 0. The second-order valence-corrected chi connectivity index (χ2v) is 8.87. The average molecular weight is 472 g/mol. The Hall–Kier alpha value is -4.04. The molecule has 2 heterocycles. The first-order valence-corrected chi connectivity index (χ1v) is 11.5. The smallest absolute Gasteiger partial charge is 0.313 e. The first kappa shape index (κ1) is 22.7. The molecule has 1 aliphatic rings. The molecule has 35 heavy (non-hydrogen) atoms. The van der Waals surface area contributed by atoms with E-state index in [2.05, 4.69) is 33.1 Å². The monoisotopic (exact) mass is 471 g/mol. The molecule has 0 fully saturated rings. The molecular weight excluding hydrogens is 445 g/mol. The zero-order valence-electron chi connectivity index (χ0n) is 19.6. The Labute approximate surface area is 202 Å². The number of nitrogens with one attached hydrogen (secondary N) is 3. The van der Waals surface area contributed by atoms with Crippen LogP contribution >= 0.6 is 0 Å². The minimum atomic E-state index is -0.713. The third-order valence-corrected chi connectivity index (χ3v) is 6.46. The average Bonchev–Trinajstić information content (AvgIpc) is 3.18. The van der Waals surface area contributed by atoms with Crippen LogP contribution in [0, 0.1) is 12.7 Å². The van der Waals surface area contributed by atoms with Gasteiger partial charge >= 0.3 is 11.8 Å². The van der Waals surface area contributed by atoms with E-state index >= 15 is 0 Å². The molecular formula is C27H26FN5O2. The highest BCUT2D eigenvalue weighted by Gasteiger charge is 2.21. The van der Waals surface area contributed by atoms with E-state index in [-0.39, 0.29) is 11.9 Å². The molecule has 1 unspecified atom stereocenters. The molecule has 0 radical (unpaired) electrons. The Bertz CT molecular complexity index is 1450. The molecule has 5 rings (SSSR count). The number of nitrogens with zero attached hydrogens (tertiary/aromatic N) is 2. The summed E-state index contributed by atoms with van der Waals surface area (Å²) in [5.74, 6) is -1.04. The molecule has 3 aromatic carbocycles. The van der Waals surface area contributed by atoms with Crippen molar-refractivity contribution in [2.45, 2.75) is 25.9 Å². The highest BCUT2D eigenvalue weighted by atomic mass is 19.1. The van der Waals surface area contributed by atoms with E-state index in [4.69, 9.17) is 0 Å². The summed E-state index contributed by atoms with van der Waals surface area (Å²) in [5.41, 5.74) is 6.08. The molecule has 1 atom stereocenters. The second-order valence-electron chi connectivity index (χ2n) is 8.87. The van der Waals surface area contributed by atoms with Crippen LogP contribution in [0.25, 0.3) is 22.4 Å². The van der Waals surface area contributed by atoms with Crippen molar-refractivity contribution in [3.8, 4) is 11.4 Å². The number of aromatic nitrogens is 2. The SMILES string of the molecule is Cc1cc(-c2nc3cc(F)ccc3n2C)ccc1NC(=O)C(=O)NCC1Cc2ccccc2CN1. The fourth-order valence-electron chi connectivity index (χ4n) is 4.51. The van der Waals surface area contributed by atoms with E-state index in [9.17, 15) is 14.0 Å². The quantitative estimate of drug-likeness (QED) is 0.398. The predicted octanol–water partition coefficient (Wildman–Crippen LogP) is 3.46. The van der Waals surface area contributed by atoms with Gasteiger partial charge in [0.15, 0.2) is 0 Å². The van der Waals surface area contributed by atoms with Gasteiger partial charge in [-0.15, -0.1) is 0 Å². The third kappa shape index (κ3) is 4.65. The molecule has 0 saturated heterocycles. The van der Waals surface area contributed by atoms with Crippen molar-refractivity contribution in [2.24, 2.45) is 7.05 Å². The number of aryl methyl sites for hydroxylation is 2. The van der Waals surface area contributed by atoms with Crippen molar-refractivity contribution in [1.82, 2.24) is 20.2 Å². The molecule has 1 aromatic heterocycles. The van der Waals surface area contributed by atoms with Gasteiger partial charge in [-0.05, 0) is 60.4 Å². The third-order valence-electron chi connectivity index (χ3n) is 6.46. The molecule has 7 nitrogen and oxygen atoms in total. The van der Waals surface area contributed by atoms with Crippen molar-refractivity contribution < 1.29 is 14.0 Å². The Kier molecular flexibility index (Phi) is 6.05. The number of benzene rings is 3. The number of rotatable bonds is 4. The van der Waals surface area contributed by atoms with Gasteiger partial charge in [0.2, 0.25) is 0 Å². The summed E-state index contributed by atoms with van der Waals surface area (Å²) in [6.45, 7) is 2.96. The van der Waals surface area contributed by atoms with Gasteiger partial charge in [0.1, 0.15) is 11.6 Å². The van der Waals surface area contributed by atoms with E-state index in [0.717, 1.165) is 29.6 Å². The van der Waals surface area contributed by atoms with Gasteiger partial charge in [-0.25, -0.2) is 9.37 Å². The molecule has 2 amide bonds. The summed E-state index contributed by atoms with van der Waals surface area (Å²) in [7, 11) is 1.87. The Morgan fingerprint density at radius 2 is 1.89 bits per heavy atom. The van der Waals surface area contributed by atoms with Crippen LogP contribution in [0.5, 0.6) is 0 Å². The van der Waals surface area contributed by atoms with Gasteiger partial charge in [-0.1, -0.05) is 24.3 Å². The Balaban J connectivity index is 1.22. The van der Waals surface area contributed by atoms with E-state index in [1.165, 1.54) is 23.3 Å². The van der Waals surface area contributed by atoms with E-state index in [1.54, 1.807) is 12.1 Å². The number of imidazole rings is 1. The summed E-state index contributed by atoms with van der Waals surface area (Å²) in [6, 6.07) is 18.2. The zero-order valence-corrected chi connectivity index (χ0v) is 19.6. The van der Waals surface area contributed by atoms with Crippen molar-refractivity contribution in [2.75, 3.05) is 11.9 Å². The first-order valence-electron chi connectivity index (χ1n) is 11.5. The molecule has 0 bridgehead atoms. The largest absolute Gasteiger partial charge is 0.346 e. The van der Waals surface area contributed by atoms with E-state index in [0.29, 0.717) is 23.6 Å². The lowest BCUT2D eigenvalue weighted by atomic mass is 9.96. The minimum Gasteiger partial charge on any atom is -0.346 e. The second kappa shape index (κ2) is 9.31. The molecule has 8 heteroatoms. The molecule has 0 aliphatic carbocycles. The number of anilines is 1. The maximum atomic E-state index is 13.6. The van der Waals surface area contributed by atoms with Gasteiger partial charge in [0, 0.05) is 43.5 Å². The number of carbonyl (C=O) groups is 2. The van der Waals surface area contributed by atoms with Crippen molar-refractivity contribution in [1.29, 1.82) is 0 Å². The van der Waals surface area contributed by atoms with Gasteiger partial charge in [-0.2, -0.15) is 0 Å². The van der Waals surface area contributed by atoms with Crippen molar-refractivity contribution in [3.63, 3.8) is 0 Å². The highest BCUT2D eigenvalue weighted by Crippen LogP contribution is 2.27. The van der Waals surface area contributed by atoms with Crippen LogP contribution in [0.3, 0.4) is 0 Å². The number of hydrogen-bond donors (Lipinski definition) is 3. The Morgan fingerprint density at radius 1 is 1.09 bits per heavy atom. The Morgan fingerprint density at radius 3 is 2.69 bits per heavy atom. The fraction of sp³-hybridized carbons (Fsp3) is 0.222. The highest BCUT2D eigenvalue weighted by molar-refractivity contribution is 6.39. The van der Waals surface area contributed by atoms with Crippen LogP contribution in [0.15, 0.2) is 60.7 Å². The molecule has 0 saturated carbocycles. The number of fused-ring (bicyclic) bond motifs is 2. The lowest BCUT2D eigenvalue weighted by molar-refractivity contribution is -0.136. The van der Waals surface area contributed by atoms with Gasteiger partial charge in [-0.3, -0.25) is 9.59 Å². The summed E-state index contributed by atoms with van der Waals surface area (Å²) in [5, 5.41) is 8.81. The van der Waals surface area contributed by atoms with Crippen LogP contribution in [-0.2, 0) is 29.6 Å². The number of hydrogen-bond acceptors (Lipinski definition) is 4. The van der Waals surface area contributed by atoms with Crippen LogP contribution in [0.2, 0.25) is 0 Å². The maximum Gasteiger partial charge on any atom is 0.313 e. The molecule has 0 spiro atoms. The molecule has 3 N–H and O–H groups in total. The zero-order chi connectivity index (χ0) is 24.5. The van der Waals surface area contributed by atoms with E-state index in [1.807, 2.05) is 42.8 Å². The summed E-state index contributed by atoms with van der Waals surface area (Å²) in [6.07, 6.45) is 0.799. The van der Waals surface area contributed by atoms with Crippen LogP contribution in [-0.4, -0.2) is 34.0 Å². The lowest BCUT2D eigenvalue weighted by Gasteiger charge is -2.26. The first-order chi connectivity index (χ1) is 16.9. The summed E-state index contributed by atoms with van der Waals surface area (Å²) in [4.78, 5) is 29.5. The fourth-order valence-corrected chi connectivity index (χ4v) is 4.51. The number of carbonyl (C=O) groups excluding carboxylic acids is 2. The molecule has 178 valence electrons. The van der Waals surface area contributed by atoms with Crippen LogP contribution < -0.4 is 16.0 Å². The minimum absolute atomic E-state index is 0.0736. The van der Waals surface area contributed by atoms with Gasteiger partial charge < -0.3 is 20.5 Å². The van der Waals surface area contributed by atoms with Crippen molar-refractivity contribution >= 4 is 28.5 Å². The van der Waals surface area contributed by atoms with Gasteiger partial charge in [0.05, 0.1) is 11.0 Å². The topological polar surface area (TPSA) is 88.0 Å². The lowest BCUT2D eigenvalue weighted by Crippen LogP contribution is -2.46. The number of amides is 2. The predicted molar refractivity (Wildman–Crippen MR) is 133 cm³/mol. The molecule has 1 aliphatic heterocycles. The van der Waals surface area contributed by atoms with Crippen LogP contribution in [0.4, 0.5) is 10.1 Å². The number of halogens is 1. The van der Waals surface area contributed by atoms with Crippen LogP contribution in [0.1, 0.15) is 16.7 Å². The van der Waals surface area contributed by atoms with Crippen molar-refractivity contribution in [3.05, 3.63) is 83.2 Å². The maximum absolute atomic E-state index is 13.6.